The van der Waals surface area contributed by atoms with Gasteiger partial charge in [0.05, 0.1) is 44.1 Å². The molecule has 0 radical (unpaired) electrons. The van der Waals surface area contributed by atoms with Crippen LogP contribution in [-0.4, -0.2) is 216 Å². The van der Waals surface area contributed by atoms with E-state index in [1.165, 1.54) is 6.92 Å². The minimum absolute atomic E-state index is 0.00249. The van der Waals surface area contributed by atoms with Crippen LogP contribution in [0.25, 0.3) is 0 Å². The third kappa shape index (κ3) is 9.79. The molecule has 0 spiro atoms. The highest BCUT2D eigenvalue weighted by Crippen LogP contribution is 2.76. The molecule has 440 valence electrons. The van der Waals surface area contributed by atoms with Crippen molar-refractivity contribution in [2.24, 2.45) is 50.2 Å². The third-order valence-electron chi connectivity index (χ3n) is 20.9. The van der Waals surface area contributed by atoms with Crippen LogP contribution in [-0.2, 0) is 47.5 Å². The minimum Gasteiger partial charge on any atom is -0.458 e. The molecular formula is C55H88O22. The molecule has 0 aromatic carbocycles. The van der Waals surface area contributed by atoms with Crippen molar-refractivity contribution in [1.29, 1.82) is 0 Å². The lowest BCUT2D eigenvalue weighted by Gasteiger charge is -2.72. The molecule has 7 fully saturated rings. The molecule has 0 amide bonds. The standard InChI is InChI=1S/C55H88O22/c1-11-24(2)46(69)77-44-45(70-25(3)60)55(23-59)27(18-50(44,4)5)26-12-13-32-52(8)16-15-34(51(6,7)31(52)14-17-53(32,9)54(26,10)19-33(55)61)74-49-43(76-48-40(67)38(65)36(63)29(21-57)72-48)41(68)42(30(22-58)73-49)75-47-39(66)37(64)35(62)28(20-56)71-47/h11-12,27-45,47-49,56-59,61-68H,13-23H2,1-10H3. The van der Waals surface area contributed by atoms with Crippen LogP contribution >= 0.6 is 0 Å². The average Bonchev–Trinajstić information content (AvgIpc) is 3.48. The van der Waals surface area contributed by atoms with Gasteiger partial charge in [-0.3, -0.25) is 4.79 Å². The first-order valence-electron chi connectivity index (χ1n) is 27.5. The summed E-state index contributed by atoms with van der Waals surface area (Å²) in [6.07, 6.45) is -21.6. The van der Waals surface area contributed by atoms with E-state index >= 15 is 0 Å². The van der Waals surface area contributed by atoms with Gasteiger partial charge in [-0.15, -0.1) is 0 Å². The zero-order chi connectivity index (χ0) is 56.9. The van der Waals surface area contributed by atoms with Crippen molar-refractivity contribution >= 4 is 11.9 Å². The highest BCUT2D eigenvalue weighted by Gasteiger charge is 2.74. The summed E-state index contributed by atoms with van der Waals surface area (Å²) >= 11 is 0. The molecule has 3 saturated heterocycles. The van der Waals surface area contributed by atoms with Gasteiger partial charge in [0, 0.05) is 17.9 Å². The van der Waals surface area contributed by atoms with Crippen LogP contribution in [0.4, 0.5) is 0 Å². The van der Waals surface area contributed by atoms with Gasteiger partial charge < -0.3 is 99.2 Å². The molecule has 8 rings (SSSR count). The Hall–Kier alpha value is -2.30. The zero-order valence-electron chi connectivity index (χ0n) is 46.1. The second-order valence-corrected chi connectivity index (χ2v) is 25.7. The summed E-state index contributed by atoms with van der Waals surface area (Å²) in [5.41, 5.74) is -2.64. The van der Waals surface area contributed by atoms with Crippen LogP contribution < -0.4 is 0 Å². The number of ether oxygens (including phenoxy) is 8. The van der Waals surface area contributed by atoms with Gasteiger partial charge >= 0.3 is 11.9 Å². The Labute approximate surface area is 450 Å². The largest absolute Gasteiger partial charge is 0.458 e. The van der Waals surface area contributed by atoms with Gasteiger partial charge in [0.15, 0.2) is 18.9 Å². The number of carbonyl (C=O) groups is 2. The molecule has 26 atom stereocenters. The summed E-state index contributed by atoms with van der Waals surface area (Å²) < 4.78 is 49.1. The first kappa shape index (κ1) is 60.8. The Bertz CT molecular complexity index is 2190. The lowest BCUT2D eigenvalue weighted by Crippen LogP contribution is -2.72. The van der Waals surface area contributed by atoms with Crippen molar-refractivity contribution in [3.05, 3.63) is 23.3 Å². The van der Waals surface area contributed by atoms with E-state index in [-0.39, 0.29) is 23.7 Å². The third-order valence-corrected chi connectivity index (χ3v) is 20.9. The van der Waals surface area contributed by atoms with E-state index in [1.807, 2.05) is 13.8 Å². The summed E-state index contributed by atoms with van der Waals surface area (Å²) in [6.45, 7) is 16.8. The summed E-state index contributed by atoms with van der Waals surface area (Å²) in [5.74, 6) is -1.57. The van der Waals surface area contributed by atoms with Gasteiger partial charge in [-0.25, -0.2) is 4.79 Å². The van der Waals surface area contributed by atoms with Crippen molar-refractivity contribution in [2.45, 2.75) is 231 Å². The number of hydrogen-bond acceptors (Lipinski definition) is 22. The molecule has 3 aliphatic heterocycles. The van der Waals surface area contributed by atoms with Crippen molar-refractivity contribution in [3.8, 4) is 0 Å². The second kappa shape index (κ2) is 22.1. The molecule has 0 aromatic heterocycles. The van der Waals surface area contributed by atoms with Gasteiger partial charge in [-0.1, -0.05) is 66.2 Å². The van der Waals surface area contributed by atoms with Crippen LogP contribution in [0.5, 0.6) is 0 Å². The molecule has 5 aliphatic carbocycles. The molecule has 0 aromatic rings. The molecular weight excluding hydrogens is 1010 g/mol. The highest BCUT2D eigenvalue weighted by molar-refractivity contribution is 5.87. The fourth-order valence-electron chi connectivity index (χ4n) is 16.3. The topological polar surface area (TPSA) is 351 Å². The molecule has 8 aliphatic rings. The monoisotopic (exact) mass is 1100 g/mol. The van der Waals surface area contributed by atoms with E-state index in [4.69, 9.17) is 37.9 Å². The van der Waals surface area contributed by atoms with Crippen LogP contribution in [0.1, 0.15) is 114 Å². The van der Waals surface area contributed by atoms with Crippen molar-refractivity contribution < 1.29 is 109 Å². The van der Waals surface area contributed by atoms with Crippen molar-refractivity contribution in [1.82, 2.24) is 0 Å². The summed E-state index contributed by atoms with van der Waals surface area (Å²) in [6, 6.07) is 0. The average molecular weight is 1100 g/mol. The number of rotatable bonds is 13. The van der Waals surface area contributed by atoms with Crippen LogP contribution in [0.15, 0.2) is 23.3 Å². The van der Waals surface area contributed by atoms with Gasteiger partial charge in [-0.05, 0) is 98.2 Å². The van der Waals surface area contributed by atoms with E-state index in [9.17, 15) is 70.9 Å². The van der Waals surface area contributed by atoms with E-state index in [1.54, 1.807) is 19.9 Å². The molecule has 3 heterocycles. The fraction of sp³-hybridized carbons (Fsp3) is 0.891. The maximum Gasteiger partial charge on any atom is 0.333 e. The minimum atomic E-state index is -1.92. The summed E-state index contributed by atoms with van der Waals surface area (Å²) in [5, 5.41) is 132. The summed E-state index contributed by atoms with van der Waals surface area (Å²) in [4.78, 5) is 26.4. The molecule has 12 N–H and O–H groups in total. The number of carbonyl (C=O) groups excluding carboxylic acids is 2. The predicted octanol–water partition coefficient (Wildman–Crippen LogP) is -0.386. The normalized spacial score (nSPS) is 50.5. The first-order chi connectivity index (χ1) is 36.0. The Balaban J connectivity index is 1.09. The van der Waals surface area contributed by atoms with E-state index in [2.05, 4.69) is 40.7 Å². The number of aliphatic hydroxyl groups excluding tert-OH is 12. The molecule has 4 saturated carbocycles. The van der Waals surface area contributed by atoms with Crippen LogP contribution in [0.2, 0.25) is 0 Å². The van der Waals surface area contributed by atoms with E-state index in [0.29, 0.717) is 31.3 Å². The smallest absolute Gasteiger partial charge is 0.333 e. The number of hydrogen-bond donors (Lipinski definition) is 12. The predicted molar refractivity (Wildman–Crippen MR) is 267 cm³/mol. The first-order valence-corrected chi connectivity index (χ1v) is 27.5. The number of fused-ring (bicyclic) bond motifs is 7. The second-order valence-electron chi connectivity index (χ2n) is 25.7. The van der Waals surface area contributed by atoms with Gasteiger partial charge in [0.1, 0.15) is 85.5 Å². The van der Waals surface area contributed by atoms with E-state index < -0.39 is 188 Å². The Kier molecular flexibility index (Phi) is 17.5. The van der Waals surface area contributed by atoms with Gasteiger partial charge in [-0.2, -0.15) is 0 Å². The molecule has 22 heteroatoms. The Morgan fingerprint density at radius 2 is 1.19 bits per heavy atom. The van der Waals surface area contributed by atoms with Gasteiger partial charge in [0.25, 0.3) is 0 Å². The van der Waals surface area contributed by atoms with E-state index in [0.717, 1.165) is 18.4 Å². The lowest BCUT2D eigenvalue weighted by molar-refractivity contribution is -0.395. The lowest BCUT2D eigenvalue weighted by atomic mass is 9.33. The SMILES string of the molecule is CC=C(C)C(=O)OC1C(OC(C)=O)C2(CO)C(O)CC3(C)C(=CCC4C5(C)CCC(OC6OC(CO)C(OC7OC(CO)C(O)C(O)C7O)C(O)C6OC6OC(CO)C(O)C(O)C6O)C(C)(C)C5CCC43C)C2CC1(C)C. The Morgan fingerprint density at radius 3 is 1.73 bits per heavy atom. The number of allylic oxidation sites excluding steroid dienone is 3. The molecule has 22 nitrogen and oxygen atoms in total. The molecule has 77 heavy (non-hydrogen) atoms. The molecule has 26 unspecified atom stereocenters. The van der Waals surface area contributed by atoms with Crippen LogP contribution in [0.3, 0.4) is 0 Å². The maximum atomic E-state index is 13.4. The Morgan fingerprint density at radius 1 is 0.636 bits per heavy atom. The maximum absolute atomic E-state index is 13.4. The van der Waals surface area contributed by atoms with Crippen LogP contribution in [0, 0.1) is 50.2 Å². The van der Waals surface area contributed by atoms with Gasteiger partial charge in [0.2, 0.25) is 0 Å². The highest BCUT2D eigenvalue weighted by atomic mass is 16.8. The van der Waals surface area contributed by atoms with Crippen molar-refractivity contribution in [2.75, 3.05) is 26.4 Å². The number of aliphatic hydroxyl groups is 12. The summed E-state index contributed by atoms with van der Waals surface area (Å²) in [7, 11) is 0. The zero-order valence-corrected chi connectivity index (χ0v) is 46.1. The number of esters is 2. The fourth-order valence-corrected chi connectivity index (χ4v) is 16.3. The quantitative estimate of drug-likeness (QED) is 0.0484. The van der Waals surface area contributed by atoms with Crippen molar-refractivity contribution in [3.63, 3.8) is 0 Å². The molecule has 0 bridgehead atoms.